The van der Waals surface area contributed by atoms with E-state index in [1.54, 1.807) is 0 Å². The van der Waals surface area contributed by atoms with Crippen LogP contribution >= 0.6 is 0 Å². The number of anilines is 6. The highest BCUT2D eigenvalue weighted by Crippen LogP contribution is 2.60. The predicted molar refractivity (Wildman–Crippen MR) is 307 cm³/mol. The number of nitrogens with zero attached hydrogens (tertiary/aromatic N) is 2. The fraction of sp³-hybridized carbons (Fsp3) is 0.0986. The molecule has 0 saturated heterocycles. The van der Waals surface area contributed by atoms with Gasteiger partial charge in [-0.05, 0) is 172 Å². The van der Waals surface area contributed by atoms with Gasteiger partial charge in [0.2, 0.25) is 0 Å². The van der Waals surface area contributed by atoms with E-state index < -0.39 is 5.41 Å². The first-order valence-corrected chi connectivity index (χ1v) is 25.8. The van der Waals surface area contributed by atoms with Crippen LogP contribution in [0.1, 0.15) is 72.2 Å². The number of hydrogen-bond donors (Lipinski definition) is 0. The minimum absolute atomic E-state index is 0.154. The van der Waals surface area contributed by atoms with Crippen LogP contribution < -0.4 is 9.80 Å². The topological polar surface area (TPSA) is 6.48 Å². The summed E-state index contributed by atoms with van der Waals surface area (Å²) in [5, 5.41) is 10.7. The summed E-state index contributed by atoms with van der Waals surface area (Å²) in [5.74, 6) is 0. The molecule has 0 saturated carbocycles. The van der Waals surface area contributed by atoms with Crippen LogP contribution in [0.5, 0.6) is 0 Å². The molecule has 0 radical (unpaired) electrons. The molecule has 2 heteroatoms. The normalized spacial score (nSPS) is 14.9. The molecule has 0 fully saturated rings. The molecular weight excluding hydrogens is 881 g/mol. The van der Waals surface area contributed by atoms with Gasteiger partial charge in [-0.3, -0.25) is 0 Å². The molecule has 73 heavy (non-hydrogen) atoms. The highest BCUT2D eigenvalue weighted by Gasteiger charge is 2.47. The van der Waals surface area contributed by atoms with Gasteiger partial charge in [0.1, 0.15) is 0 Å². The molecule has 2 nitrogen and oxygen atoms in total. The molecule has 0 bridgehead atoms. The Morgan fingerprint density at radius 1 is 0.247 bits per heavy atom. The first-order chi connectivity index (χ1) is 35.7. The fourth-order valence-corrected chi connectivity index (χ4v) is 13.8. The number of hydrogen-bond acceptors (Lipinski definition) is 2. The van der Waals surface area contributed by atoms with E-state index in [9.17, 15) is 0 Å². The maximum Gasteiger partial charge on any atom is 0.0715 e. The molecule has 346 valence electrons. The van der Waals surface area contributed by atoms with Crippen molar-refractivity contribution in [2.75, 3.05) is 9.80 Å². The van der Waals surface area contributed by atoms with Crippen LogP contribution in [0.4, 0.5) is 34.1 Å². The van der Waals surface area contributed by atoms with Crippen molar-refractivity contribution in [2.45, 2.75) is 43.9 Å². The molecule has 12 aromatic carbocycles. The third kappa shape index (κ3) is 5.75. The lowest BCUT2D eigenvalue weighted by atomic mass is 9.67. The molecule has 0 N–H and O–H groups in total. The molecule has 12 aromatic rings. The summed E-state index contributed by atoms with van der Waals surface area (Å²) in [4.78, 5) is 4.98. The Labute approximate surface area is 427 Å². The second kappa shape index (κ2) is 15.2. The largest absolute Gasteiger partial charge is 0.310 e. The summed E-state index contributed by atoms with van der Waals surface area (Å²) in [6.07, 6.45) is 0. The predicted octanol–water partition coefficient (Wildman–Crippen LogP) is 18.9. The molecule has 0 heterocycles. The summed E-state index contributed by atoms with van der Waals surface area (Å²) in [7, 11) is 0. The van der Waals surface area contributed by atoms with Crippen LogP contribution in [0.3, 0.4) is 0 Å². The van der Waals surface area contributed by atoms with Crippen molar-refractivity contribution in [3.63, 3.8) is 0 Å². The van der Waals surface area contributed by atoms with Crippen molar-refractivity contribution in [1.82, 2.24) is 0 Å². The van der Waals surface area contributed by atoms with Gasteiger partial charge in [0.05, 0.1) is 5.41 Å². The van der Waals surface area contributed by atoms with Crippen LogP contribution in [0.2, 0.25) is 0 Å². The summed E-state index contributed by atoms with van der Waals surface area (Å²) in [6, 6.07) is 91.6. The van der Waals surface area contributed by atoms with E-state index in [1.165, 1.54) is 98.7 Å². The van der Waals surface area contributed by atoms with E-state index in [2.05, 4.69) is 280 Å². The number of rotatable bonds is 8. The zero-order chi connectivity index (χ0) is 48.8. The first-order valence-electron chi connectivity index (χ1n) is 25.8. The third-order valence-corrected chi connectivity index (χ3v) is 17.2. The second-order valence-corrected chi connectivity index (χ2v) is 21.7. The summed E-state index contributed by atoms with van der Waals surface area (Å²) < 4.78 is 0. The molecule has 0 unspecified atom stereocenters. The highest BCUT2D eigenvalue weighted by atomic mass is 15.1. The maximum atomic E-state index is 2.51. The average molecular weight is 933 g/mol. The number of benzene rings is 12. The van der Waals surface area contributed by atoms with Gasteiger partial charge < -0.3 is 9.80 Å². The standard InChI is InChI=1S/C71H52N2/c1-69(2)59-29-17-19-45-31-33-47-39-55(43-63(69)67(47)65(45)59)72(51-25-13-7-14-26-51)53-35-37-57-58-38-36-54(42-62(58)71(61(57)41-53,49-21-9-5-10-22-49)50-23-11-6-12-24-50)73(52-27-15-8-16-28-52)56-40-48-34-32-46-20-18-30-60-66(46)68(48)64(44-56)70(60,3)4/h5-44H,1-4H3. The summed E-state index contributed by atoms with van der Waals surface area (Å²) in [5.41, 5.74) is 18.9. The summed E-state index contributed by atoms with van der Waals surface area (Å²) >= 11 is 0. The van der Waals surface area contributed by atoms with Crippen molar-refractivity contribution in [3.8, 4) is 11.1 Å². The smallest absolute Gasteiger partial charge is 0.0715 e. The Hall–Kier alpha value is -8.72. The highest BCUT2D eigenvalue weighted by molar-refractivity contribution is 6.17. The van der Waals surface area contributed by atoms with Crippen LogP contribution in [-0.4, -0.2) is 0 Å². The molecule has 0 amide bonds. The van der Waals surface area contributed by atoms with E-state index in [1.807, 2.05) is 0 Å². The summed E-state index contributed by atoms with van der Waals surface area (Å²) in [6.45, 7) is 9.58. The van der Waals surface area contributed by atoms with Crippen molar-refractivity contribution >= 4 is 77.2 Å². The quantitative estimate of drug-likeness (QED) is 0.140. The van der Waals surface area contributed by atoms with E-state index in [-0.39, 0.29) is 10.8 Å². The van der Waals surface area contributed by atoms with Crippen molar-refractivity contribution in [3.05, 3.63) is 287 Å². The van der Waals surface area contributed by atoms with Gasteiger partial charge in [-0.2, -0.15) is 0 Å². The molecular formula is C71H52N2. The van der Waals surface area contributed by atoms with Crippen LogP contribution in [0.25, 0.3) is 54.2 Å². The minimum atomic E-state index is -0.663. The van der Waals surface area contributed by atoms with Crippen LogP contribution in [0, 0.1) is 0 Å². The van der Waals surface area contributed by atoms with Gasteiger partial charge in [-0.1, -0.05) is 198 Å². The maximum absolute atomic E-state index is 2.51. The molecule has 3 aliphatic carbocycles. The number of fused-ring (bicyclic) bond motifs is 3. The first kappa shape index (κ1) is 42.0. The monoisotopic (exact) mass is 932 g/mol. The average Bonchev–Trinajstić information content (AvgIpc) is 3.95. The van der Waals surface area contributed by atoms with E-state index in [0.29, 0.717) is 0 Å². The number of para-hydroxylation sites is 2. The molecule has 0 aliphatic heterocycles. The van der Waals surface area contributed by atoms with Crippen molar-refractivity contribution in [1.29, 1.82) is 0 Å². The van der Waals surface area contributed by atoms with Crippen molar-refractivity contribution < 1.29 is 0 Å². The van der Waals surface area contributed by atoms with E-state index >= 15 is 0 Å². The lowest BCUT2D eigenvalue weighted by Crippen LogP contribution is -2.29. The molecule has 0 spiro atoms. The van der Waals surface area contributed by atoms with Gasteiger partial charge in [0.25, 0.3) is 0 Å². The lowest BCUT2D eigenvalue weighted by Gasteiger charge is -2.36. The minimum Gasteiger partial charge on any atom is -0.310 e. The Morgan fingerprint density at radius 2 is 0.603 bits per heavy atom. The second-order valence-electron chi connectivity index (χ2n) is 21.7. The van der Waals surface area contributed by atoms with Gasteiger partial charge in [-0.15, -0.1) is 0 Å². The van der Waals surface area contributed by atoms with Gasteiger partial charge in [-0.25, -0.2) is 0 Å². The Kier molecular flexibility index (Phi) is 8.72. The van der Waals surface area contributed by atoms with Crippen LogP contribution in [-0.2, 0) is 16.2 Å². The Balaban J connectivity index is 0.968. The van der Waals surface area contributed by atoms with Crippen molar-refractivity contribution in [2.24, 2.45) is 0 Å². The van der Waals surface area contributed by atoms with E-state index in [4.69, 9.17) is 0 Å². The van der Waals surface area contributed by atoms with Gasteiger partial charge in [0.15, 0.2) is 0 Å². The van der Waals surface area contributed by atoms with Gasteiger partial charge >= 0.3 is 0 Å². The zero-order valence-electron chi connectivity index (χ0n) is 41.5. The molecule has 15 rings (SSSR count). The Morgan fingerprint density at radius 3 is 1.01 bits per heavy atom. The van der Waals surface area contributed by atoms with Gasteiger partial charge in [0, 0.05) is 45.0 Å². The lowest BCUT2D eigenvalue weighted by molar-refractivity contribution is 0.662. The van der Waals surface area contributed by atoms with E-state index in [0.717, 1.165) is 34.1 Å². The third-order valence-electron chi connectivity index (χ3n) is 17.2. The fourth-order valence-electron chi connectivity index (χ4n) is 13.8. The SMILES string of the molecule is CC1(C)c2cccc3ccc4cc(N(c5ccccc5)c5ccc6c(c5)C(c5ccccc5)(c5ccccc5)c5cc(N(c7ccccc7)c7cc8c9c(ccc%10cccc(c%109)C8(C)C)c7)ccc5-6)cc1c4c23. The molecule has 3 aliphatic rings. The molecule has 0 aromatic heterocycles. The van der Waals surface area contributed by atoms with Crippen LogP contribution in [0.15, 0.2) is 243 Å². The molecule has 0 atom stereocenters. The zero-order valence-corrected chi connectivity index (χ0v) is 41.5. The Bertz CT molecular complexity index is 3970.